The standard InChI is InChI=1S/C7H6ClF2N3O/c8-6(14)3-2(11)1-13-5(4(3)12)7(9)10/h1,7H,11-12H2. The van der Waals surface area contributed by atoms with Gasteiger partial charge in [0, 0.05) is 0 Å². The van der Waals surface area contributed by atoms with Gasteiger partial charge in [-0.1, -0.05) is 0 Å². The number of nitrogens with two attached hydrogens (primary N) is 2. The lowest BCUT2D eigenvalue weighted by atomic mass is 10.1. The molecule has 0 radical (unpaired) electrons. The molecule has 0 saturated carbocycles. The Labute approximate surface area is 82.9 Å². The predicted molar refractivity (Wildman–Crippen MR) is 48.2 cm³/mol. The summed E-state index contributed by atoms with van der Waals surface area (Å²) in [6.07, 6.45) is -1.95. The van der Waals surface area contributed by atoms with E-state index in [1.807, 2.05) is 0 Å². The zero-order chi connectivity index (χ0) is 10.9. The summed E-state index contributed by atoms with van der Waals surface area (Å²) in [4.78, 5) is 14.1. The van der Waals surface area contributed by atoms with Crippen LogP contribution < -0.4 is 11.5 Å². The molecular formula is C7H6ClF2N3O. The highest BCUT2D eigenvalue weighted by molar-refractivity contribution is 6.68. The molecule has 0 aliphatic heterocycles. The van der Waals surface area contributed by atoms with Gasteiger partial charge in [-0.05, 0) is 11.6 Å². The molecule has 0 unspecified atom stereocenters. The van der Waals surface area contributed by atoms with E-state index in [-0.39, 0.29) is 11.3 Å². The van der Waals surface area contributed by atoms with Gasteiger partial charge in [-0.2, -0.15) is 0 Å². The number of rotatable bonds is 2. The number of pyridine rings is 1. The van der Waals surface area contributed by atoms with Crippen LogP contribution in [0.15, 0.2) is 6.20 Å². The molecule has 0 aliphatic carbocycles. The van der Waals surface area contributed by atoms with Crippen molar-refractivity contribution in [2.45, 2.75) is 6.43 Å². The summed E-state index contributed by atoms with van der Waals surface area (Å²) in [5.41, 5.74) is 8.95. The first-order valence-corrected chi connectivity index (χ1v) is 3.84. The van der Waals surface area contributed by atoms with Crippen LogP contribution in [-0.2, 0) is 0 Å². The highest BCUT2D eigenvalue weighted by Gasteiger charge is 2.20. The van der Waals surface area contributed by atoms with Crippen LogP contribution in [0.4, 0.5) is 20.2 Å². The van der Waals surface area contributed by atoms with Crippen molar-refractivity contribution in [2.24, 2.45) is 0 Å². The average Bonchev–Trinajstić information content (AvgIpc) is 2.02. The van der Waals surface area contributed by atoms with E-state index >= 15 is 0 Å². The van der Waals surface area contributed by atoms with E-state index < -0.39 is 23.0 Å². The first-order valence-electron chi connectivity index (χ1n) is 3.47. The molecule has 0 aliphatic rings. The molecule has 4 N–H and O–H groups in total. The number of anilines is 2. The van der Waals surface area contributed by atoms with Crippen molar-refractivity contribution in [3.63, 3.8) is 0 Å². The minimum absolute atomic E-state index is 0.119. The Hall–Kier alpha value is -1.43. The Morgan fingerprint density at radius 1 is 1.50 bits per heavy atom. The van der Waals surface area contributed by atoms with Crippen molar-refractivity contribution in [1.82, 2.24) is 4.98 Å². The van der Waals surface area contributed by atoms with Crippen LogP contribution in [0, 0.1) is 0 Å². The van der Waals surface area contributed by atoms with Gasteiger partial charge in [-0.15, -0.1) is 0 Å². The molecule has 4 nitrogen and oxygen atoms in total. The van der Waals surface area contributed by atoms with E-state index in [2.05, 4.69) is 4.98 Å². The molecule has 0 bridgehead atoms. The van der Waals surface area contributed by atoms with Gasteiger partial charge in [0.2, 0.25) is 0 Å². The van der Waals surface area contributed by atoms with Gasteiger partial charge in [-0.25, -0.2) is 8.78 Å². The molecule has 0 saturated heterocycles. The third-order valence-corrected chi connectivity index (χ3v) is 1.77. The fraction of sp³-hybridized carbons (Fsp3) is 0.143. The summed E-state index contributed by atoms with van der Waals surface area (Å²) in [5.74, 6) is 0. The van der Waals surface area contributed by atoms with Crippen LogP contribution in [0.25, 0.3) is 0 Å². The average molecular weight is 222 g/mol. The van der Waals surface area contributed by atoms with Gasteiger partial charge in [0.1, 0.15) is 5.69 Å². The van der Waals surface area contributed by atoms with Crippen LogP contribution in [-0.4, -0.2) is 10.2 Å². The van der Waals surface area contributed by atoms with Crippen molar-refractivity contribution >= 4 is 28.2 Å². The summed E-state index contributed by atoms with van der Waals surface area (Å²) >= 11 is 5.12. The molecule has 0 fully saturated rings. The number of carbonyl (C=O) groups excluding carboxylic acids is 1. The maximum atomic E-state index is 12.3. The highest BCUT2D eigenvalue weighted by Crippen LogP contribution is 2.29. The van der Waals surface area contributed by atoms with Crippen LogP contribution in [0.2, 0.25) is 0 Å². The van der Waals surface area contributed by atoms with E-state index in [0.29, 0.717) is 0 Å². The van der Waals surface area contributed by atoms with Crippen LogP contribution >= 0.6 is 11.6 Å². The fourth-order valence-electron chi connectivity index (χ4n) is 0.950. The van der Waals surface area contributed by atoms with Gasteiger partial charge in [0.15, 0.2) is 0 Å². The smallest absolute Gasteiger partial charge is 0.282 e. The van der Waals surface area contributed by atoms with Crippen molar-refractivity contribution in [2.75, 3.05) is 11.5 Å². The fourth-order valence-corrected chi connectivity index (χ4v) is 1.16. The maximum absolute atomic E-state index is 12.3. The van der Waals surface area contributed by atoms with Gasteiger partial charge in [-0.3, -0.25) is 9.78 Å². The molecule has 1 rings (SSSR count). The lowest BCUT2D eigenvalue weighted by Crippen LogP contribution is -2.08. The highest BCUT2D eigenvalue weighted by atomic mass is 35.5. The zero-order valence-corrected chi connectivity index (χ0v) is 7.55. The summed E-state index contributed by atoms with van der Waals surface area (Å²) in [6.45, 7) is 0. The molecule has 0 aromatic carbocycles. The number of halogens is 3. The van der Waals surface area contributed by atoms with Gasteiger partial charge in [0.25, 0.3) is 11.7 Å². The van der Waals surface area contributed by atoms with E-state index in [4.69, 9.17) is 23.1 Å². The molecule has 1 aromatic heterocycles. The second-order valence-electron chi connectivity index (χ2n) is 2.46. The van der Waals surface area contributed by atoms with E-state index in [1.165, 1.54) is 0 Å². The third-order valence-electron chi connectivity index (χ3n) is 1.58. The molecule has 0 spiro atoms. The maximum Gasteiger partial charge on any atom is 0.282 e. The molecule has 0 atom stereocenters. The van der Waals surface area contributed by atoms with Crippen LogP contribution in [0.5, 0.6) is 0 Å². The van der Waals surface area contributed by atoms with Crippen molar-refractivity contribution < 1.29 is 13.6 Å². The second-order valence-corrected chi connectivity index (χ2v) is 2.81. The summed E-state index contributed by atoms with van der Waals surface area (Å²) in [5, 5.41) is -0.982. The molecule has 7 heteroatoms. The van der Waals surface area contributed by atoms with Gasteiger partial charge < -0.3 is 11.5 Å². The molecular weight excluding hydrogens is 216 g/mol. The number of aromatic nitrogens is 1. The quantitative estimate of drug-likeness (QED) is 0.743. The SMILES string of the molecule is Nc1cnc(C(F)F)c(N)c1C(=O)Cl. The summed E-state index contributed by atoms with van der Waals surface area (Å²) in [6, 6.07) is 0. The van der Waals surface area contributed by atoms with Gasteiger partial charge >= 0.3 is 0 Å². The van der Waals surface area contributed by atoms with E-state index in [1.54, 1.807) is 0 Å². The lowest BCUT2D eigenvalue weighted by Gasteiger charge is -2.08. The summed E-state index contributed by atoms with van der Waals surface area (Å²) < 4.78 is 24.5. The van der Waals surface area contributed by atoms with Crippen LogP contribution in [0.1, 0.15) is 22.5 Å². The molecule has 76 valence electrons. The van der Waals surface area contributed by atoms with Crippen molar-refractivity contribution in [1.29, 1.82) is 0 Å². The minimum atomic E-state index is -2.87. The number of nitrogen functional groups attached to an aromatic ring is 2. The Kier molecular flexibility index (Phi) is 2.85. The molecule has 1 aromatic rings. The monoisotopic (exact) mass is 221 g/mol. The van der Waals surface area contributed by atoms with Crippen LogP contribution in [0.3, 0.4) is 0 Å². The molecule has 1 heterocycles. The summed E-state index contributed by atoms with van der Waals surface area (Å²) in [7, 11) is 0. The van der Waals surface area contributed by atoms with Gasteiger partial charge in [0.05, 0.1) is 23.1 Å². The number of hydrogen-bond donors (Lipinski definition) is 2. The minimum Gasteiger partial charge on any atom is -0.397 e. The van der Waals surface area contributed by atoms with E-state index in [0.717, 1.165) is 6.20 Å². The number of hydrogen-bond acceptors (Lipinski definition) is 4. The number of alkyl halides is 2. The molecule has 0 amide bonds. The zero-order valence-electron chi connectivity index (χ0n) is 6.80. The Balaban J connectivity index is 3.41. The van der Waals surface area contributed by atoms with E-state index in [9.17, 15) is 13.6 Å². The number of nitrogens with zero attached hydrogens (tertiary/aromatic N) is 1. The predicted octanol–water partition coefficient (Wildman–Crippen LogP) is 1.56. The Morgan fingerprint density at radius 3 is 2.50 bits per heavy atom. The lowest BCUT2D eigenvalue weighted by molar-refractivity contribution is 0.108. The largest absolute Gasteiger partial charge is 0.397 e. The normalized spacial score (nSPS) is 10.6. The first kappa shape index (κ1) is 10.6. The Morgan fingerprint density at radius 2 is 2.07 bits per heavy atom. The number of carbonyl (C=O) groups is 1. The topological polar surface area (TPSA) is 82.0 Å². The molecule has 14 heavy (non-hydrogen) atoms. The second kappa shape index (κ2) is 3.75. The van der Waals surface area contributed by atoms with Crippen molar-refractivity contribution in [3.05, 3.63) is 17.5 Å². The first-order chi connectivity index (χ1) is 6.45. The van der Waals surface area contributed by atoms with Crippen molar-refractivity contribution in [3.8, 4) is 0 Å². The third kappa shape index (κ3) is 1.74. The Bertz CT molecular complexity index is 383.